The Morgan fingerprint density at radius 2 is 2.17 bits per heavy atom. The Balaban J connectivity index is 2.24. The van der Waals surface area contributed by atoms with Gasteiger partial charge in [0.15, 0.2) is 0 Å². The van der Waals surface area contributed by atoms with E-state index in [9.17, 15) is 9.18 Å². The molecule has 0 aliphatic rings. The summed E-state index contributed by atoms with van der Waals surface area (Å²) in [6, 6.07) is 7.54. The van der Waals surface area contributed by atoms with Crippen LogP contribution in [0.2, 0.25) is 5.02 Å². The minimum atomic E-state index is -1.02. The molecule has 1 atom stereocenters. The third-order valence-corrected chi connectivity index (χ3v) is 3.12. The Kier molecular flexibility index (Phi) is 6.83. The topological polar surface area (TPSA) is 29.1 Å². The fourth-order valence-corrected chi connectivity index (χ4v) is 1.96. The van der Waals surface area contributed by atoms with Crippen LogP contribution in [0.5, 0.6) is 0 Å². The van der Waals surface area contributed by atoms with Crippen LogP contribution in [0, 0.1) is 0 Å². The van der Waals surface area contributed by atoms with Crippen molar-refractivity contribution in [2.75, 3.05) is 6.54 Å². The predicted octanol–water partition coefficient (Wildman–Crippen LogP) is 3.56. The fraction of sp³-hybridized carbons (Fsp3) is 0.308. The van der Waals surface area contributed by atoms with E-state index in [1.807, 2.05) is 24.3 Å². The third-order valence-electron chi connectivity index (χ3n) is 2.04. The average molecular weight is 288 g/mol. The summed E-state index contributed by atoms with van der Waals surface area (Å²) in [5, 5.41) is 4.87. The Morgan fingerprint density at radius 1 is 1.50 bits per heavy atom. The van der Waals surface area contributed by atoms with E-state index >= 15 is 0 Å². The number of halogens is 2. The van der Waals surface area contributed by atoms with Crippen LogP contribution in [0.25, 0.3) is 0 Å². The molecular weight excluding hydrogens is 273 g/mol. The third kappa shape index (κ3) is 6.67. The number of benzene rings is 1. The molecule has 0 aliphatic heterocycles. The Labute approximate surface area is 116 Å². The van der Waals surface area contributed by atoms with Crippen molar-refractivity contribution in [1.29, 1.82) is 0 Å². The number of hydrogen-bond donors (Lipinski definition) is 1. The number of carbonyl (C=O) groups excluding carboxylic acids is 1. The van der Waals surface area contributed by atoms with Gasteiger partial charge in [-0.2, -0.15) is 0 Å². The van der Waals surface area contributed by atoms with Gasteiger partial charge in [0, 0.05) is 23.4 Å². The van der Waals surface area contributed by atoms with Crippen LogP contribution in [0.4, 0.5) is 4.39 Å². The molecular formula is C13H15ClFNOS. The Morgan fingerprint density at radius 3 is 2.78 bits per heavy atom. The van der Waals surface area contributed by atoms with E-state index in [-0.39, 0.29) is 12.5 Å². The molecule has 0 heterocycles. The number of alkyl halides is 1. The van der Waals surface area contributed by atoms with Gasteiger partial charge in [-0.25, -0.2) is 4.39 Å². The van der Waals surface area contributed by atoms with Gasteiger partial charge in [0.2, 0.25) is 5.91 Å². The predicted molar refractivity (Wildman–Crippen MR) is 75.5 cm³/mol. The molecule has 0 aromatic heterocycles. The summed E-state index contributed by atoms with van der Waals surface area (Å²) in [7, 11) is 0. The second-order valence-corrected chi connectivity index (χ2v) is 5.10. The lowest BCUT2D eigenvalue weighted by atomic mass is 10.2. The molecule has 0 aliphatic carbocycles. The lowest BCUT2D eigenvalue weighted by Gasteiger charge is -2.01. The molecule has 1 N–H and O–H groups in total. The summed E-state index contributed by atoms with van der Waals surface area (Å²) in [5.41, 5.74) is 1.13. The highest BCUT2D eigenvalue weighted by molar-refractivity contribution is 8.01. The maximum absolute atomic E-state index is 12.4. The van der Waals surface area contributed by atoms with Crippen LogP contribution in [-0.4, -0.2) is 18.6 Å². The summed E-state index contributed by atoms with van der Waals surface area (Å²) >= 11 is 7.27. The normalized spacial score (nSPS) is 12.6. The maximum Gasteiger partial charge on any atom is 0.244 e. The van der Waals surface area contributed by atoms with Crippen molar-refractivity contribution < 1.29 is 9.18 Å². The summed E-state index contributed by atoms with van der Waals surface area (Å²) in [6.45, 7) is 1.45. The van der Waals surface area contributed by atoms with Crippen LogP contribution in [0.15, 0.2) is 35.7 Å². The van der Waals surface area contributed by atoms with E-state index in [2.05, 4.69) is 5.32 Å². The molecule has 0 spiro atoms. The maximum atomic E-state index is 12.4. The molecule has 0 bridgehead atoms. The van der Waals surface area contributed by atoms with Crippen molar-refractivity contribution in [2.45, 2.75) is 18.8 Å². The average Bonchev–Trinajstić information content (AvgIpc) is 2.34. The number of nitrogens with one attached hydrogen (secondary N) is 1. The zero-order chi connectivity index (χ0) is 13.4. The smallest absolute Gasteiger partial charge is 0.244 e. The zero-order valence-electron chi connectivity index (χ0n) is 10.0. The minimum absolute atomic E-state index is 0.0467. The number of amides is 1. The van der Waals surface area contributed by atoms with Gasteiger partial charge in [0.25, 0.3) is 0 Å². The second-order valence-electron chi connectivity index (χ2n) is 3.77. The van der Waals surface area contributed by atoms with Crippen molar-refractivity contribution >= 4 is 29.3 Å². The monoisotopic (exact) mass is 287 g/mol. The zero-order valence-corrected chi connectivity index (χ0v) is 11.6. The molecule has 98 valence electrons. The van der Waals surface area contributed by atoms with Gasteiger partial charge in [0.1, 0.15) is 6.17 Å². The molecule has 0 saturated carbocycles. The van der Waals surface area contributed by atoms with Crippen LogP contribution < -0.4 is 5.32 Å². The highest BCUT2D eigenvalue weighted by Crippen LogP contribution is 2.15. The highest BCUT2D eigenvalue weighted by Gasteiger charge is 1.99. The standard InChI is InChI=1S/C13H15ClFNOS/c1-10(15)8-16-13(17)6-7-18-9-11-2-4-12(14)5-3-11/h2-7,10H,8-9H2,1H3,(H,16,17)/b7-6-. The van der Waals surface area contributed by atoms with Gasteiger partial charge >= 0.3 is 0 Å². The van der Waals surface area contributed by atoms with Gasteiger partial charge in [0.05, 0.1) is 0 Å². The molecule has 1 aromatic rings. The summed E-state index contributed by atoms with van der Waals surface area (Å²) in [5.74, 6) is 0.489. The Hall–Kier alpha value is -1.00. The number of rotatable bonds is 6. The fourth-order valence-electron chi connectivity index (χ4n) is 1.14. The van der Waals surface area contributed by atoms with E-state index in [0.717, 1.165) is 11.3 Å². The van der Waals surface area contributed by atoms with Crippen LogP contribution in [-0.2, 0) is 10.5 Å². The molecule has 0 radical (unpaired) electrons. The molecule has 1 rings (SSSR count). The second kappa shape index (κ2) is 8.16. The molecule has 1 unspecified atom stereocenters. The summed E-state index contributed by atoms with van der Waals surface area (Å²) < 4.78 is 12.4. The molecule has 18 heavy (non-hydrogen) atoms. The van der Waals surface area contributed by atoms with Crippen molar-refractivity contribution in [2.24, 2.45) is 0 Å². The lowest BCUT2D eigenvalue weighted by Crippen LogP contribution is -2.27. The Bertz CT molecular complexity index is 406. The molecule has 0 fully saturated rings. The van der Waals surface area contributed by atoms with Crippen LogP contribution >= 0.6 is 23.4 Å². The van der Waals surface area contributed by atoms with Gasteiger partial charge in [-0.15, -0.1) is 11.8 Å². The highest BCUT2D eigenvalue weighted by atomic mass is 35.5. The first kappa shape index (κ1) is 15.1. The number of hydrogen-bond acceptors (Lipinski definition) is 2. The van der Waals surface area contributed by atoms with E-state index < -0.39 is 6.17 Å². The van der Waals surface area contributed by atoms with Gasteiger partial charge in [-0.05, 0) is 30.0 Å². The SMILES string of the molecule is CC(F)CNC(=O)/C=C\SCc1ccc(Cl)cc1. The van der Waals surface area contributed by atoms with Gasteiger partial charge in [-0.1, -0.05) is 23.7 Å². The first-order chi connectivity index (χ1) is 8.58. The summed E-state index contributed by atoms with van der Waals surface area (Å²) in [6.07, 6.45) is 0.382. The number of thioether (sulfide) groups is 1. The molecule has 5 heteroatoms. The number of carbonyl (C=O) groups is 1. The first-order valence-electron chi connectivity index (χ1n) is 5.52. The largest absolute Gasteiger partial charge is 0.350 e. The molecule has 1 aromatic carbocycles. The van der Waals surface area contributed by atoms with E-state index in [1.165, 1.54) is 24.8 Å². The van der Waals surface area contributed by atoms with Gasteiger partial charge < -0.3 is 5.32 Å². The summed E-state index contributed by atoms with van der Waals surface area (Å²) in [4.78, 5) is 11.2. The van der Waals surface area contributed by atoms with Gasteiger partial charge in [-0.3, -0.25) is 4.79 Å². The molecule has 1 amide bonds. The molecule has 2 nitrogen and oxygen atoms in total. The van der Waals surface area contributed by atoms with Crippen molar-refractivity contribution in [3.8, 4) is 0 Å². The van der Waals surface area contributed by atoms with Crippen molar-refractivity contribution in [1.82, 2.24) is 5.32 Å². The van der Waals surface area contributed by atoms with Crippen LogP contribution in [0.3, 0.4) is 0 Å². The van der Waals surface area contributed by atoms with E-state index in [1.54, 1.807) is 5.41 Å². The van der Waals surface area contributed by atoms with Crippen molar-refractivity contribution in [3.05, 3.63) is 46.3 Å². The first-order valence-corrected chi connectivity index (χ1v) is 6.95. The molecule has 0 saturated heterocycles. The van der Waals surface area contributed by atoms with Crippen LogP contribution in [0.1, 0.15) is 12.5 Å². The van der Waals surface area contributed by atoms with Crippen molar-refractivity contribution in [3.63, 3.8) is 0 Å². The minimum Gasteiger partial charge on any atom is -0.350 e. The quantitative estimate of drug-likeness (QED) is 0.811. The van der Waals surface area contributed by atoms with E-state index in [4.69, 9.17) is 11.6 Å². The lowest BCUT2D eigenvalue weighted by molar-refractivity contribution is -0.116. The van der Waals surface area contributed by atoms with E-state index in [0.29, 0.717) is 5.02 Å².